The van der Waals surface area contributed by atoms with E-state index < -0.39 is 9.84 Å². The van der Waals surface area contributed by atoms with Gasteiger partial charge >= 0.3 is 0 Å². The van der Waals surface area contributed by atoms with Crippen molar-refractivity contribution in [2.45, 2.75) is 6.42 Å². The molecule has 0 atom stereocenters. The highest BCUT2D eigenvalue weighted by atomic mass is 32.2. The van der Waals surface area contributed by atoms with Gasteiger partial charge in [-0.25, -0.2) is 8.42 Å². The van der Waals surface area contributed by atoms with Crippen LogP contribution in [-0.2, 0) is 14.6 Å². The van der Waals surface area contributed by atoms with Crippen LogP contribution in [0.15, 0.2) is 11.1 Å². The van der Waals surface area contributed by atoms with Crippen molar-refractivity contribution in [3.8, 4) is 0 Å². The lowest BCUT2D eigenvalue weighted by molar-refractivity contribution is -0.114. The minimum absolute atomic E-state index is 0.0362. The van der Waals surface area contributed by atoms with Gasteiger partial charge in [0, 0.05) is 26.7 Å². The van der Waals surface area contributed by atoms with E-state index in [1.165, 1.54) is 6.20 Å². The number of ketones is 1. The summed E-state index contributed by atoms with van der Waals surface area (Å²) in [7, 11) is 0.116. The van der Waals surface area contributed by atoms with Crippen molar-refractivity contribution in [3.05, 3.63) is 11.1 Å². The largest absolute Gasteiger partial charge is 0.382 e. The van der Waals surface area contributed by atoms with Crippen molar-refractivity contribution in [2.75, 3.05) is 19.8 Å². The first kappa shape index (κ1) is 9.25. The molecule has 68 valence electrons. The monoisotopic (exact) mass is 189 g/mol. The number of carbonyl (C=O) groups excluding carboxylic acids is 1. The summed E-state index contributed by atoms with van der Waals surface area (Å²) in [5, 5.41) is 0. The summed E-state index contributed by atoms with van der Waals surface area (Å²) in [6.45, 7) is 0. The molecule has 0 N–H and O–H groups in total. The molecule has 1 heterocycles. The third-order valence-corrected chi connectivity index (χ3v) is 3.33. The number of nitrogens with zero attached hydrogens (tertiary/aromatic N) is 1. The van der Waals surface area contributed by atoms with E-state index in [-0.39, 0.29) is 22.9 Å². The molecule has 0 aliphatic carbocycles. The van der Waals surface area contributed by atoms with Gasteiger partial charge in [-0.1, -0.05) is 0 Å². The highest BCUT2D eigenvalue weighted by Gasteiger charge is 2.32. The van der Waals surface area contributed by atoms with Crippen LogP contribution < -0.4 is 0 Å². The fourth-order valence-electron chi connectivity index (χ4n) is 1.02. The lowest BCUT2D eigenvalue weighted by Crippen LogP contribution is -2.09. The maximum absolute atomic E-state index is 11.2. The van der Waals surface area contributed by atoms with E-state index in [1.54, 1.807) is 19.0 Å². The molecule has 12 heavy (non-hydrogen) atoms. The molecule has 4 nitrogen and oxygen atoms in total. The van der Waals surface area contributed by atoms with Crippen molar-refractivity contribution < 1.29 is 13.2 Å². The van der Waals surface area contributed by atoms with E-state index in [1.807, 2.05) is 0 Å². The Labute approximate surface area is 71.8 Å². The second-order valence-electron chi connectivity index (χ2n) is 2.95. The van der Waals surface area contributed by atoms with Gasteiger partial charge in [0.05, 0.1) is 5.75 Å². The highest BCUT2D eigenvalue weighted by Crippen LogP contribution is 2.20. The molecule has 0 aromatic carbocycles. The molecule has 1 saturated heterocycles. The summed E-state index contributed by atoms with van der Waals surface area (Å²) in [6, 6.07) is 0. The van der Waals surface area contributed by atoms with Gasteiger partial charge in [-0.3, -0.25) is 4.79 Å². The van der Waals surface area contributed by atoms with E-state index in [0.29, 0.717) is 0 Å². The Balaban J connectivity index is 3.10. The number of rotatable bonds is 1. The van der Waals surface area contributed by atoms with Crippen LogP contribution in [-0.4, -0.2) is 38.9 Å². The van der Waals surface area contributed by atoms with Crippen molar-refractivity contribution in [1.82, 2.24) is 4.90 Å². The second kappa shape index (κ2) is 2.90. The molecular formula is C7H11NO3S. The number of hydrogen-bond acceptors (Lipinski definition) is 4. The fraction of sp³-hybridized carbons (Fsp3) is 0.571. The van der Waals surface area contributed by atoms with Crippen LogP contribution in [0.25, 0.3) is 0 Å². The maximum atomic E-state index is 11.2. The van der Waals surface area contributed by atoms with Gasteiger partial charge in [0.25, 0.3) is 0 Å². The van der Waals surface area contributed by atoms with Crippen molar-refractivity contribution in [3.63, 3.8) is 0 Å². The van der Waals surface area contributed by atoms with Crippen LogP contribution >= 0.6 is 0 Å². The predicted octanol–water partition coefficient (Wildman–Crippen LogP) is -0.223. The first-order valence-electron chi connectivity index (χ1n) is 3.58. The summed E-state index contributed by atoms with van der Waals surface area (Å²) in [6.07, 6.45) is 1.49. The number of hydrogen-bond donors (Lipinski definition) is 0. The molecule has 1 fully saturated rings. The van der Waals surface area contributed by atoms with E-state index >= 15 is 0 Å². The van der Waals surface area contributed by atoms with Gasteiger partial charge in [-0.2, -0.15) is 0 Å². The minimum Gasteiger partial charge on any atom is -0.382 e. The zero-order valence-electron chi connectivity index (χ0n) is 7.07. The molecule has 0 spiro atoms. The zero-order chi connectivity index (χ0) is 9.35. The van der Waals surface area contributed by atoms with E-state index in [9.17, 15) is 13.2 Å². The number of allylic oxidation sites excluding steroid dienone is 1. The average Bonchev–Trinajstić information content (AvgIpc) is 2.15. The van der Waals surface area contributed by atoms with Gasteiger partial charge in [0.1, 0.15) is 4.91 Å². The first-order chi connectivity index (χ1) is 5.43. The molecule has 0 amide bonds. The second-order valence-corrected chi connectivity index (χ2v) is 5.03. The predicted molar refractivity (Wildman–Crippen MR) is 45.2 cm³/mol. The van der Waals surface area contributed by atoms with Crippen LogP contribution in [0.5, 0.6) is 0 Å². The molecule has 0 saturated carbocycles. The number of sulfone groups is 1. The molecule has 1 aliphatic rings. The molecule has 1 aliphatic heterocycles. The Morgan fingerprint density at radius 3 is 2.33 bits per heavy atom. The average molecular weight is 189 g/mol. The van der Waals surface area contributed by atoms with Gasteiger partial charge in [-0.05, 0) is 0 Å². The van der Waals surface area contributed by atoms with Crippen molar-refractivity contribution >= 4 is 15.6 Å². The molecule has 0 aromatic rings. The van der Waals surface area contributed by atoms with Gasteiger partial charge in [0.15, 0.2) is 15.6 Å². The highest BCUT2D eigenvalue weighted by molar-refractivity contribution is 7.96. The normalized spacial score (nSPS) is 24.8. The molecule has 5 heteroatoms. The molecule has 0 aromatic heterocycles. The van der Waals surface area contributed by atoms with Gasteiger partial charge in [-0.15, -0.1) is 0 Å². The van der Waals surface area contributed by atoms with Crippen LogP contribution in [0.3, 0.4) is 0 Å². The Morgan fingerprint density at radius 1 is 1.42 bits per heavy atom. The Bertz CT molecular complexity index is 327. The van der Waals surface area contributed by atoms with Gasteiger partial charge in [0.2, 0.25) is 0 Å². The molecule has 1 rings (SSSR count). The molecular weight excluding hydrogens is 178 g/mol. The Kier molecular flexibility index (Phi) is 2.23. The number of carbonyl (C=O) groups is 1. The summed E-state index contributed by atoms with van der Waals surface area (Å²) >= 11 is 0. The molecule has 0 unspecified atom stereocenters. The SMILES string of the molecule is CN(C)/C=C1/C(=O)CCS1(=O)=O. The first-order valence-corrected chi connectivity index (χ1v) is 5.23. The molecule has 0 radical (unpaired) electrons. The standard InChI is InChI=1S/C7H11NO3S/c1-8(2)5-7-6(9)3-4-12(7,10)11/h5H,3-4H2,1-2H3/b7-5-. The summed E-state index contributed by atoms with van der Waals surface area (Å²) in [5.74, 6) is -0.311. The van der Waals surface area contributed by atoms with Gasteiger partial charge < -0.3 is 4.90 Å². The fourth-order valence-corrected chi connectivity index (χ4v) is 2.51. The Morgan fingerprint density at radius 2 is 2.00 bits per heavy atom. The van der Waals surface area contributed by atoms with Crippen molar-refractivity contribution in [1.29, 1.82) is 0 Å². The third kappa shape index (κ3) is 1.66. The van der Waals surface area contributed by atoms with Crippen molar-refractivity contribution in [2.24, 2.45) is 0 Å². The van der Waals surface area contributed by atoms with Crippen LogP contribution in [0.2, 0.25) is 0 Å². The minimum atomic E-state index is -3.26. The van der Waals surface area contributed by atoms with E-state index in [2.05, 4.69) is 0 Å². The summed E-state index contributed by atoms with van der Waals surface area (Å²) in [4.78, 5) is 12.6. The summed E-state index contributed by atoms with van der Waals surface area (Å²) in [5.41, 5.74) is 0. The van der Waals surface area contributed by atoms with Crippen LogP contribution in [0, 0.1) is 0 Å². The van der Waals surface area contributed by atoms with E-state index in [4.69, 9.17) is 0 Å². The van der Waals surface area contributed by atoms with Crippen LogP contribution in [0.4, 0.5) is 0 Å². The lowest BCUT2D eigenvalue weighted by atomic mass is 10.3. The Hall–Kier alpha value is -0.840. The maximum Gasteiger partial charge on any atom is 0.183 e. The molecule has 0 bridgehead atoms. The quantitative estimate of drug-likeness (QED) is 0.535. The van der Waals surface area contributed by atoms with E-state index in [0.717, 1.165) is 0 Å². The summed E-state index contributed by atoms with van der Waals surface area (Å²) < 4.78 is 22.4. The number of Topliss-reactive ketones (excluding diaryl/α,β-unsaturated/α-hetero) is 1. The smallest absolute Gasteiger partial charge is 0.183 e. The topological polar surface area (TPSA) is 54.5 Å². The lowest BCUT2D eigenvalue weighted by Gasteiger charge is -2.05. The third-order valence-electron chi connectivity index (χ3n) is 1.58. The zero-order valence-corrected chi connectivity index (χ0v) is 7.89. The van der Waals surface area contributed by atoms with Crippen LogP contribution in [0.1, 0.15) is 6.42 Å².